The average molecular weight is 220 g/mol. The number of methoxy groups -OCH3 is 1. The van der Waals surface area contributed by atoms with Crippen molar-refractivity contribution >= 4 is 5.69 Å². The summed E-state index contributed by atoms with van der Waals surface area (Å²) in [6, 6.07) is 8.63. The zero-order valence-electron chi connectivity index (χ0n) is 10.0. The van der Waals surface area contributed by atoms with Gasteiger partial charge >= 0.3 is 0 Å². The molecule has 0 radical (unpaired) electrons. The molecule has 0 aromatic heterocycles. The second-order valence-corrected chi connectivity index (χ2v) is 4.68. The first-order valence-electron chi connectivity index (χ1n) is 5.80. The maximum absolute atomic E-state index is 5.79. The summed E-state index contributed by atoms with van der Waals surface area (Å²) in [5, 5.41) is 0. The highest BCUT2D eigenvalue weighted by molar-refractivity contribution is 5.48. The van der Waals surface area contributed by atoms with Crippen LogP contribution in [-0.4, -0.2) is 26.7 Å². The van der Waals surface area contributed by atoms with Crippen LogP contribution in [0.1, 0.15) is 12.8 Å². The van der Waals surface area contributed by atoms with Crippen LogP contribution in [0.5, 0.6) is 5.75 Å². The number of benzene rings is 1. The van der Waals surface area contributed by atoms with E-state index < -0.39 is 0 Å². The number of nitrogens with zero attached hydrogens (tertiary/aromatic N) is 1. The van der Waals surface area contributed by atoms with Gasteiger partial charge in [0, 0.05) is 25.3 Å². The highest BCUT2D eigenvalue weighted by atomic mass is 16.5. The van der Waals surface area contributed by atoms with Gasteiger partial charge in [0.1, 0.15) is 5.75 Å². The molecule has 1 fully saturated rings. The molecular weight excluding hydrogens is 200 g/mol. The average Bonchev–Trinajstić information content (AvgIpc) is 2.27. The zero-order chi connectivity index (χ0) is 11.5. The molecule has 1 aromatic carbocycles. The van der Waals surface area contributed by atoms with E-state index >= 15 is 0 Å². The second kappa shape index (κ2) is 4.74. The summed E-state index contributed by atoms with van der Waals surface area (Å²) in [5.74, 6) is 1.67. The maximum Gasteiger partial charge on any atom is 0.119 e. The summed E-state index contributed by atoms with van der Waals surface area (Å²) in [4.78, 5) is 2.29. The summed E-state index contributed by atoms with van der Waals surface area (Å²) in [6.45, 7) is 1.10. The molecule has 0 spiro atoms. The lowest BCUT2D eigenvalue weighted by Gasteiger charge is -2.36. The Labute approximate surface area is 97.2 Å². The van der Waals surface area contributed by atoms with Crippen LogP contribution in [0.4, 0.5) is 5.69 Å². The lowest BCUT2D eigenvalue weighted by Crippen LogP contribution is -2.41. The number of nitrogens with two attached hydrogens (primary N) is 1. The Morgan fingerprint density at radius 2 is 1.94 bits per heavy atom. The van der Waals surface area contributed by atoms with Gasteiger partial charge < -0.3 is 15.4 Å². The monoisotopic (exact) mass is 220 g/mol. The molecule has 0 saturated heterocycles. The summed E-state index contributed by atoms with van der Waals surface area (Å²) in [7, 11) is 3.82. The Balaban J connectivity index is 1.90. The molecule has 0 atom stereocenters. The van der Waals surface area contributed by atoms with Crippen molar-refractivity contribution in [2.24, 2.45) is 11.7 Å². The van der Waals surface area contributed by atoms with E-state index in [0.29, 0.717) is 6.04 Å². The molecule has 2 rings (SSSR count). The van der Waals surface area contributed by atoms with Crippen LogP contribution >= 0.6 is 0 Å². The van der Waals surface area contributed by atoms with Crippen molar-refractivity contribution in [3.8, 4) is 5.75 Å². The Hall–Kier alpha value is -1.22. The third kappa shape index (κ3) is 2.47. The SMILES string of the molecule is COc1ccc(N(C)CC2CC(N)C2)cc1. The van der Waals surface area contributed by atoms with E-state index in [1.807, 2.05) is 12.1 Å². The Kier molecular flexibility index (Phi) is 3.34. The van der Waals surface area contributed by atoms with Gasteiger partial charge in [0.15, 0.2) is 0 Å². The summed E-state index contributed by atoms with van der Waals surface area (Å²) in [5.41, 5.74) is 7.02. The number of rotatable bonds is 4. The van der Waals surface area contributed by atoms with Crippen molar-refractivity contribution in [1.82, 2.24) is 0 Å². The predicted octanol–water partition coefficient (Wildman–Crippen LogP) is 1.87. The van der Waals surface area contributed by atoms with E-state index in [9.17, 15) is 0 Å². The van der Waals surface area contributed by atoms with Gasteiger partial charge in [-0.25, -0.2) is 0 Å². The fraction of sp³-hybridized carbons (Fsp3) is 0.538. The Bertz CT molecular complexity index is 330. The van der Waals surface area contributed by atoms with Crippen molar-refractivity contribution in [3.63, 3.8) is 0 Å². The van der Waals surface area contributed by atoms with Gasteiger partial charge in [0.05, 0.1) is 7.11 Å². The summed E-state index contributed by atoms with van der Waals surface area (Å²) >= 11 is 0. The predicted molar refractivity (Wildman–Crippen MR) is 67.0 cm³/mol. The minimum atomic E-state index is 0.439. The molecule has 1 aliphatic rings. The minimum Gasteiger partial charge on any atom is -0.497 e. The number of ether oxygens (including phenoxy) is 1. The molecule has 88 valence electrons. The normalized spacial score (nSPS) is 23.7. The van der Waals surface area contributed by atoms with E-state index in [-0.39, 0.29) is 0 Å². The third-order valence-corrected chi connectivity index (χ3v) is 3.32. The lowest BCUT2D eigenvalue weighted by molar-refractivity contribution is 0.271. The Morgan fingerprint density at radius 3 is 2.44 bits per heavy atom. The summed E-state index contributed by atoms with van der Waals surface area (Å²) < 4.78 is 5.14. The number of hydrogen-bond acceptors (Lipinski definition) is 3. The van der Waals surface area contributed by atoms with Crippen LogP contribution in [0.25, 0.3) is 0 Å². The molecule has 2 N–H and O–H groups in total. The van der Waals surface area contributed by atoms with Crippen LogP contribution < -0.4 is 15.4 Å². The lowest BCUT2D eigenvalue weighted by atomic mass is 9.80. The van der Waals surface area contributed by atoms with Gasteiger partial charge in [-0.05, 0) is 43.0 Å². The smallest absolute Gasteiger partial charge is 0.119 e. The molecule has 0 amide bonds. The molecule has 1 saturated carbocycles. The molecular formula is C13H20N2O. The third-order valence-electron chi connectivity index (χ3n) is 3.32. The quantitative estimate of drug-likeness (QED) is 0.842. The van der Waals surface area contributed by atoms with Crippen LogP contribution in [0.3, 0.4) is 0 Å². The highest BCUT2D eigenvalue weighted by Gasteiger charge is 2.26. The highest BCUT2D eigenvalue weighted by Crippen LogP contribution is 2.28. The van der Waals surface area contributed by atoms with Crippen molar-refractivity contribution in [3.05, 3.63) is 24.3 Å². The Morgan fingerprint density at radius 1 is 1.31 bits per heavy atom. The molecule has 0 bridgehead atoms. The van der Waals surface area contributed by atoms with Gasteiger partial charge in [-0.3, -0.25) is 0 Å². The van der Waals surface area contributed by atoms with Crippen LogP contribution in [0, 0.1) is 5.92 Å². The van der Waals surface area contributed by atoms with E-state index in [1.54, 1.807) is 7.11 Å². The first kappa shape index (κ1) is 11.3. The van der Waals surface area contributed by atoms with Crippen LogP contribution in [0.15, 0.2) is 24.3 Å². The summed E-state index contributed by atoms with van der Waals surface area (Å²) in [6.07, 6.45) is 2.33. The van der Waals surface area contributed by atoms with Gasteiger partial charge in [-0.15, -0.1) is 0 Å². The first-order chi connectivity index (χ1) is 7.69. The number of anilines is 1. The fourth-order valence-electron chi connectivity index (χ4n) is 2.27. The van der Waals surface area contributed by atoms with E-state index in [4.69, 9.17) is 10.5 Å². The second-order valence-electron chi connectivity index (χ2n) is 4.68. The molecule has 0 unspecified atom stereocenters. The number of hydrogen-bond donors (Lipinski definition) is 1. The maximum atomic E-state index is 5.79. The van der Waals surface area contributed by atoms with Crippen molar-refractivity contribution in [2.45, 2.75) is 18.9 Å². The fourth-order valence-corrected chi connectivity index (χ4v) is 2.27. The van der Waals surface area contributed by atoms with Gasteiger partial charge in [-0.1, -0.05) is 0 Å². The van der Waals surface area contributed by atoms with E-state index in [2.05, 4.69) is 24.1 Å². The van der Waals surface area contributed by atoms with E-state index in [0.717, 1.165) is 18.2 Å². The van der Waals surface area contributed by atoms with Crippen molar-refractivity contribution in [1.29, 1.82) is 0 Å². The molecule has 1 aliphatic carbocycles. The van der Waals surface area contributed by atoms with Gasteiger partial charge in [0.25, 0.3) is 0 Å². The molecule has 1 aromatic rings. The molecule has 0 aliphatic heterocycles. The molecule has 0 heterocycles. The first-order valence-corrected chi connectivity index (χ1v) is 5.80. The standard InChI is InChI=1S/C13H20N2O/c1-15(9-10-7-11(14)8-10)12-3-5-13(16-2)6-4-12/h3-6,10-11H,7-9,14H2,1-2H3. The molecule has 3 nitrogen and oxygen atoms in total. The molecule has 16 heavy (non-hydrogen) atoms. The van der Waals surface area contributed by atoms with Crippen molar-refractivity contribution in [2.75, 3.05) is 25.6 Å². The van der Waals surface area contributed by atoms with Crippen LogP contribution in [-0.2, 0) is 0 Å². The minimum absolute atomic E-state index is 0.439. The van der Waals surface area contributed by atoms with Gasteiger partial charge in [-0.2, -0.15) is 0 Å². The van der Waals surface area contributed by atoms with Crippen molar-refractivity contribution < 1.29 is 4.74 Å². The van der Waals surface area contributed by atoms with Crippen LogP contribution in [0.2, 0.25) is 0 Å². The zero-order valence-corrected chi connectivity index (χ0v) is 10.0. The topological polar surface area (TPSA) is 38.5 Å². The molecule has 3 heteroatoms. The largest absolute Gasteiger partial charge is 0.497 e. The van der Waals surface area contributed by atoms with E-state index in [1.165, 1.54) is 18.5 Å². The van der Waals surface area contributed by atoms with Gasteiger partial charge in [0.2, 0.25) is 0 Å².